The van der Waals surface area contributed by atoms with Crippen molar-refractivity contribution in [1.82, 2.24) is 9.78 Å². The van der Waals surface area contributed by atoms with E-state index in [-0.39, 0.29) is 36.8 Å². The molecule has 5 nitrogen and oxygen atoms in total. The van der Waals surface area contributed by atoms with Crippen molar-refractivity contribution >= 4 is 24.0 Å². The molecule has 8 heteroatoms. The van der Waals surface area contributed by atoms with E-state index in [0.717, 1.165) is 5.56 Å². The lowest BCUT2D eigenvalue weighted by Gasteiger charge is -2.11. The highest BCUT2D eigenvalue weighted by molar-refractivity contribution is 6.30. The third kappa shape index (κ3) is 4.66. The van der Waals surface area contributed by atoms with Crippen LogP contribution in [0.25, 0.3) is 11.3 Å². The van der Waals surface area contributed by atoms with E-state index in [1.807, 2.05) is 12.1 Å². The van der Waals surface area contributed by atoms with Crippen LogP contribution in [0, 0.1) is 5.82 Å². The Morgan fingerprint density at radius 1 is 1.19 bits per heavy atom. The smallest absolute Gasteiger partial charge is 0.271 e. The molecule has 1 heterocycles. The van der Waals surface area contributed by atoms with Crippen LogP contribution in [0.3, 0.4) is 0 Å². The molecule has 3 aromatic rings. The first-order valence-corrected chi connectivity index (χ1v) is 8.29. The second kappa shape index (κ2) is 8.99. The van der Waals surface area contributed by atoms with Gasteiger partial charge in [-0.25, -0.2) is 9.07 Å². The topological polar surface area (TPSA) is 70.1 Å². The summed E-state index contributed by atoms with van der Waals surface area (Å²) >= 11 is 5.89. The lowest BCUT2D eigenvalue weighted by atomic mass is 10.1. The number of benzene rings is 2. The number of hydrogen-bond donors (Lipinski definition) is 1. The summed E-state index contributed by atoms with van der Waals surface area (Å²) in [7, 11) is 1.40. The zero-order valence-corrected chi connectivity index (χ0v) is 16.1. The van der Waals surface area contributed by atoms with Gasteiger partial charge in [-0.1, -0.05) is 23.7 Å². The fourth-order valence-corrected chi connectivity index (χ4v) is 2.71. The van der Waals surface area contributed by atoms with Gasteiger partial charge in [0.1, 0.15) is 0 Å². The quantitative estimate of drug-likeness (QED) is 0.698. The van der Waals surface area contributed by atoms with E-state index in [2.05, 4.69) is 5.10 Å². The maximum atomic E-state index is 14.0. The predicted octanol–water partition coefficient (Wildman–Crippen LogP) is 3.64. The molecule has 3 rings (SSSR count). The van der Waals surface area contributed by atoms with Crippen LogP contribution in [0.4, 0.5) is 4.39 Å². The largest absolute Gasteiger partial charge is 0.494 e. The summed E-state index contributed by atoms with van der Waals surface area (Å²) in [4.78, 5) is 12.5. The first-order valence-electron chi connectivity index (χ1n) is 7.91. The minimum atomic E-state index is -0.503. The third-order valence-corrected chi connectivity index (χ3v) is 4.21. The average Bonchev–Trinajstić information content (AvgIpc) is 2.65. The Bertz CT molecular complexity index is 991. The van der Waals surface area contributed by atoms with E-state index in [0.29, 0.717) is 21.8 Å². The molecule has 0 fully saturated rings. The Balaban J connectivity index is 0.00000261. The molecule has 2 N–H and O–H groups in total. The second-order valence-corrected chi connectivity index (χ2v) is 6.13. The molecule has 0 aliphatic carbocycles. The van der Waals surface area contributed by atoms with Crippen molar-refractivity contribution in [2.24, 2.45) is 5.73 Å². The van der Waals surface area contributed by atoms with Gasteiger partial charge < -0.3 is 10.5 Å². The molecule has 0 atom stereocenters. The average molecular weight is 410 g/mol. The normalized spacial score (nSPS) is 10.4. The first-order chi connectivity index (χ1) is 12.5. The number of rotatable bonds is 5. The molecule has 0 saturated carbocycles. The van der Waals surface area contributed by atoms with Crippen LogP contribution in [0.1, 0.15) is 11.1 Å². The molecule has 0 unspecified atom stereocenters. The van der Waals surface area contributed by atoms with E-state index in [1.54, 1.807) is 24.3 Å². The molecule has 0 amide bonds. The second-order valence-electron chi connectivity index (χ2n) is 5.70. The van der Waals surface area contributed by atoms with E-state index < -0.39 is 5.82 Å². The molecule has 27 heavy (non-hydrogen) atoms. The molecule has 0 saturated heterocycles. The molecular weight excluding hydrogens is 392 g/mol. The summed E-state index contributed by atoms with van der Waals surface area (Å²) < 4.78 is 20.3. The molecular formula is C19H18Cl2FN3O2. The van der Waals surface area contributed by atoms with Crippen LogP contribution >= 0.6 is 24.0 Å². The highest BCUT2D eigenvalue weighted by Gasteiger charge is 2.12. The Hall–Kier alpha value is -2.41. The monoisotopic (exact) mass is 409 g/mol. The van der Waals surface area contributed by atoms with Gasteiger partial charge >= 0.3 is 0 Å². The number of methoxy groups -OCH3 is 1. The fraction of sp³-hybridized carbons (Fsp3) is 0.158. The van der Waals surface area contributed by atoms with Crippen LogP contribution in [0.5, 0.6) is 5.75 Å². The Kier molecular flexibility index (Phi) is 6.96. The number of aromatic nitrogens is 2. The summed E-state index contributed by atoms with van der Waals surface area (Å²) in [5.74, 6) is -0.362. The van der Waals surface area contributed by atoms with E-state index in [4.69, 9.17) is 22.1 Å². The van der Waals surface area contributed by atoms with Crippen molar-refractivity contribution in [2.75, 3.05) is 7.11 Å². The standard InChI is InChI=1S/C19H17ClFN3O2.ClH/c1-26-18-7-4-13(8-16(18)21)17-9-14(10-22)19(25)24(23-17)11-12-2-5-15(20)6-3-12;/h2-9H,10-11,22H2,1H3;1H. The minimum absolute atomic E-state index is 0. The Morgan fingerprint density at radius 3 is 2.48 bits per heavy atom. The van der Waals surface area contributed by atoms with Crippen molar-refractivity contribution in [3.05, 3.63) is 80.9 Å². The van der Waals surface area contributed by atoms with Crippen molar-refractivity contribution < 1.29 is 9.13 Å². The van der Waals surface area contributed by atoms with E-state index >= 15 is 0 Å². The van der Waals surface area contributed by atoms with Crippen molar-refractivity contribution in [1.29, 1.82) is 0 Å². The maximum absolute atomic E-state index is 14.0. The Morgan fingerprint density at radius 2 is 1.89 bits per heavy atom. The minimum Gasteiger partial charge on any atom is -0.494 e. The van der Waals surface area contributed by atoms with Gasteiger partial charge in [-0.2, -0.15) is 5.10 Å². The van der Waals surface area contributed by atoms with Gasteiger partial charge in [0.15, 0.2) is 11.6 Å². The molecule has 0 bridgehead atoms. The van der Waals surface area contributed by atoms with Gasteiger partial charge in [0.2, 0.25) is 0 Å². The number of nitrogens with two attached hydrogens (primary N) is 1. The number of halogens is 3. The number of hydrogen-bond acceptors (Lipinski definition) is 4. The molecule has 142 valence electrons. The van der Waals surface area contributed by atoms with Gasteiger partial charge in [0.05, 0.1) is 19.3 Å². The lowest BCUT2D eigenvalue weighted by Crippen LogP contribution is -2.28. The summed E-state index contributed by atoms with van der Waals surface area (Å²) in [5.41, 5.74) is 7.68. The molecule has 0 aliphatic rings. The van der Waals surface area contributed by atoms with Crippen LogP contribution in [-0.4, -0.2) is 16.9 Å². The van der Waals surface area contributed by atoms with Crippen LogP contribution in [0.2, 0.25) is 5.02 Å². The summed E-state index contributed by atoms with van der Waals surface area (Å²) in [6.45, 7) is 0.323. The molecule has 0 aliphatic heterocycles. The van der Waals surface area contributed by atoms with Crippen molar-refractivity contribution in [3.8, 4) is 17.0 Å². The van der Waals surface area contributed by atoms with Crippen molar-refractivity contribution in [2.45, 2.75) is 13.1 Å². The Labute approximate surface area is 166 Å². The highest BCUT2D eigenvalue weighted by Crippen LogP contribution is 2.24. The zero-order chi connectivity index (χ0) is 18.7. The van der Waals surface area contributed by atoms with Crippen LogP contribution < -0.4 is 16.0 Å². The molecule has 1 aromatic heterocycles. The first kappa shape index (κ1) is 20.9. The molecule has 0 spiro atoms. The van der Waals surface area contributed by atoms with Gasteiger partial charge in [0, 0.05) is 22.7 Å². The highest BCUT2D eigenvalue weighted by atomic mass is 35.5. The summed E-state index contributed by atoms with van der Waals surface area (Å²) in [6.07, 6.45) is 0. The third-order valence-electron chi connectivity index (χ3n) is 3.96. The van der Waals surface area contributed by atoms with Gasteiger partial charge in [-0.3, -0.25) is 4.79 Å². The maximum Gasteiger partial charge on any atom is 0.271 e. The summed E-state index contributed by atoms with van der Waals surface area (Å²) in [5, 5.41) is 4.98. The summed E-state index contributed by atoms with van der Waals surface area (Å²) in [6, 6.07) is 13.2. The number of nitrogens with zero attached hydrogens (tertiary/aromatic N) is 2. The van der Waals surface area contributed by atoms with Crippen LogP contribution in [0.15, 0.2) is 53.3 Å². The van der Waals surface area contributed by atoms with Gasteiger partial charge in [-0.15, -0.1) is 12.4 Å². The van der Waals surface area contributed by atoms with Gasteiger partial charge in [-0.05, 0) is 42.0 Å². The fourth-order valence-electron chi connectivity index (χ4n) is 2.58. The van der Waals surface area contributed by atoms with E-state index in [1.165, 1.54) is 23.9 Å². The lowest BCUT2D eigenvalue weighted by molar-refractivity contribution is 0.386. The van der Waals surface area contributed by atoms with E-state index in [9.17, 15) is 9.18 Å². The number of ether oxygens (including phenoxy) is 1. The molecule has 2 aromatic carbocycles. The van der Waals surface area contributed by atoms with Crippen LogP contribution in [-0.2, 0) is 13.1 Å². The zero-order valence-electron chi connectivity index (χ0n) is 14.5. The van der Waals surface area contributed by atoms with Gasteiger partial charge in [0.25, 0.3) is 5.56 Å². The SMILES string of the molecule is COc1ccc(-c2cc(CN)c(=O)n(Cc3ccc(Cl)cc3)n2)cc1F.Cl. The van der Waals surface area contributed by atoms with Crippen molar-refractivity contribution in [3.63, 3.8) is 0 Å². The molecule has 0 radical (unpaired) electrons. The predicted molar refractivity (Wildman–Crippen MR) is 106 cm³/mol.